The number of hydrogen-bond acceptors (Lipinski definition) is 5. The quantitative estimate of drug-likeness (QED) is 0.265. The number of nitrogens with one attached hydrogen (secondary N) is 2. The highest BCUT2D eigenvalue weighted by Gasteiger charge is 2.61. The molecule has 0 spiro atoms. The molecule has 0 bridgehead atoms. The van der Waals surface area contributed by atoms with Crippen molar-refractivity contribution in [1.82, 2.24) is 5.32 Å². The second-order valence-electron chi connectivity index (χ2n) is 11.4. The second-order valence-corrected chi connectivity index (χ2v) is 12.3. The zero-order valence-electron chi connectivity index (χ0n) is 23.3. The second kappa shape index (κ2) is 11.9. The first-order chi connectivity index (χ1) is 19.7. The van der Waals surface area contributed by atoms with E-state index in [0.717, 1.165) is 12.1 Å². The number of carbonyl (C=O) groups excluding carboxylic acids is 1. The maximum atomic E-state index is 15.7. The largest absolute Gasteiger partial charge is 0.495 e. The van der Waals surface area contributed by atoms with Crippen LogP contribution in [0.15, 0.2) is 54.6 Å². The molecule has 1 heterocycles. The van der Waals surface area contributed by atoms with E-state index in [4.69, 9.17) is 27.9 Å². The number of carbonyl (C=O) groups is 2. The number of benzene rings is 3. The van der Waals surface area contributed by atoms with Gasteiger partial charge in [-0.1, -0.05) is 56.1 Å². The van der Waals surface area contributed by atoms with E-state index in [2.05, 4.69) is 16.7 Å². The molecule has 0 aliphatic carbocycles. The highest BCUT2D eigenvalue weighted by molar-refractivity contribution is 6.30. The van der Waals surface area contributed by atoms with E-state index in [0.29, 0.717) is 6.42 Å². The van der Waals surface area contributed by atoms with Gasteiger partial charge >= 0.3 is 5.97 Å². The first-order valence-corrected chi connectivity index (χ1v) is 13.8. The average Bonchev–Trinajstić information content (AvgIpc) is 3.21. The molecule has 3 aromatic carbocycles. The molecule has 220 valence electrons. The molecule has 42 heavy (non-hydrogen) atoms. The van der Waals surface area contributed by atoms with Crippen LogP contribution in [0, 0.1) is 28.4 Å². The fourth-order valence-electron chi connectivity index (χ4n) is 5.69. The van der Waals surface area contributed by atoms with Crippen LogP contribution in [0.3, 0.4) is 0 Å². The number of ether oxygens (including phenoxy) is 1. The number of amides is 1. The molecule has 4 rings (SSSR count). The molecular formula is C31H29Cl2F2N3O4. The SMILES string of the molecule is COc1cc(C(=O)O)ccc1NC(=O)[C@@H]1NC(CC(C)(C)C)[C@](C#N)(c2ccc(Cl)cc2F)[C@H]1c1ccc(Cl)cc1F. The summed E-state index contributed by atoms with van der Waals surface area (Å²) >= 11 is 12.1. The monoisotopic (exact) mass is 615 g/mol. The molecule has 1 saturated heterocycles. The Morgan fingerprint density at radius 2 is 1.71 bits per heavy atom. The van der Waals surface area contributed by atoms with Crippen LogP contribution in [0.2, 0.25) is 10.0 Å². The van der Waals surface area contributed by atoms with Crippen molar-refractivity contribution in [3.63, 3.8) is 0 Å². The third kappa shape index (κ3) is 5.93. The number of aromatic carboxylic acids is 1. The first kappa shape index (κ1) is 31.2. The van der Waals surface area contributed by atoms with Gasteiger partial charge in [-0.05, 0) is 59.9 Å². The molecule has 0 radical (unpaired) electrons. The van der Waals surface area contributed by atoms with Crippen LogP contribution in [0.5, 0.6) is 5.75 Å². The molecule has 1 aliphatic heterocycles. The average molecular weight is 616 g/mol. The van der Waals surface area contributed by atoms with Gasteiger partial charge in [-0.15, -0.1) is 0 Å². The molecule has 1 aliphatic rings. The molecule has 3 aromatic rings. The molecule has 0 saturated carbocycles. The lowest BCUT2D eigenvalue weighted by atomic mass is 9.62. The Morgan fingerprint density at radius 1 is 1.07 bits per heavy atom. The van der Waals surface area contributed by atoms with Gasteiger partial charge in [-0.25, -0.2) is 13.6 Å². The number of rotatable bonds is 7. The van der Waals surface area contributed by atoms with E-state index < -0.39 is 52.3 Å². The predicted octanol–water partition coefficient (Wildman–Crippen LogP) is 6.94. The van der Waals surface area contributed by atoms with Crippen LogP contribution in [0.25, 0.3) is 0 Å². The molecular weight excluding hydrogens is 587 g/mol. The van der Waals surface area contributed by atoms with Crippen LogP contribution in [0.4, 0.5) is 14.5 Å². The normalized spacial score (nSPS) is 21.9. The summed E-state index contributed by atoms with van der Waals surface area (Å²) in [4.78, 5) is 25.5. The van der Waals surface area contributed by atoms with Crippen LogP contribution >= 0.6 is 23.2 Å². The number of methoxy groups -OCH3 is 1. The Balaban J connectivity index is 1.94. The van der Waals surface area contributed by atoms with Crippen molar-refractivity contribution in [2.75, 3.05) is 12.4 Å². The molecule has 7 nitrogen and oxygen atoms in total. The molecule has 4 atom stereocenters. The van der Waals surface area contributed by atoms with Gasteiger partial charge in [0.2, 0.25) is 5.91 Å². The molecule has 1 amide bonds. The lowest BCUT2D eigenvalue weighted by Crippen LogP contribution is -2.44. The van der Waals surface area contributed by atoms with E-state index in [-0.39, 0.29) is 38.2 Å². The van der Waals surface area contributed by atoms with E-state index in [1.807, 2.05) is 20.8 Å². The minimum Gasteiger partial charge on any atom is -0.495 e. The molecule has 1 fully saturated rings. The summed E-state index contributed by atoms with van der Waals surface area (Å²) in [6, 6.07) is 12.0. The van der Waals surface area contributed by atoms with Gasteiger partial charge in [0, 0.05) is 27.6 Å². The Morgan fingerprint density at radius 3 is 2.26 bits per heavy atom. The summed E-state index contributed by atoms with van der Waals surface area (Å²) in [7, 11) is 1.32. The lowest BCUT2D eigenvalue weighted by Gasteiger charge is -2.37. The van der Waals surface area contributed by atoms with Crippen LogP contribution < -0.4 is 15.4 Å². The van der Waals surface area contributed by atoms with Crippen molar-refractivity contribution in [2.24, 2.45) is 5.41 Å². The summed E-state index contributed by atoms with van der Waals surface area (Å²) in [6.45, 7) is 5.82. The molecule has 1 unspecified atom stereocenters. The predicted molar refractivity (Wildman–Crippen MR) is 156 cm³/mol. The van der Waals surface area contributed by atoms with E-state index in [1.165, 1.54) is 49.6 Å². The number of halogens is 4. The number of hydrogen-bond donors (Lipinski definition) is 3. The summed E-state index contributed by atoms with van der Waals surface area (Å²) in [5.41, 5.74) is -2.11. The van der Waals surface area contributed by atoms with Gasteiger partial charge in [0.1, 0.15) is 22.8 Å². The van der Waals surface area contributed by atoms with Crippen molar-refractivity contribution in [1.29, 1.82) is 5.26 Å². The summed E-state index contributed by atoms with van der Waals surface area (Å²) in [5, 5.41) is 26.5. The molecule has 0 aromatic heterocycles. The summed E-state index contributed by atoms with van der Waals surface area (Å²) < 4.78 is 36.7. The number of anilines is 1. The van der Waals surface area contributed by atoms with Gasteiger partial charge in [0.25, 0.3) is 0 Å². The van der Waals surface area contributed by atoms with E-state index >= 15 is 8.78 Å². The van der Waals surface area contributed by atoms with Crippen molar-refractivity contribution < 1.29 is 28.2 Å². The topological polar surface area (TPSA) is 111 Å². The fraction of sp³-hybridized carbons (Fsp3) is 0.323. The Bertz CT molecular complexity index is 1590. The number of carboxylic acids is 1. The van der Waals surface area contributed by atoms with Gasteiger partial charge in [0.05, 0.1) is 30.5 Å². The van der Waals surface area contributed by atoms with Crippen molar-refractivity contribution in [3.8, 4) is 11.8 Å². The van der Waals surface area contributed by atoms with Gasteiger partial charge in [-0.2, -0.15) is 5.26 Å². The fourth-order valence-corrected chi connectivity index (χ4v) is 6.01. The van der Waals surface area contributed by atoms with Crippen LogP contribution in [-0.2, 0) is 10.2 Å². The Kier molecular flexibility index (Phi) is 8.84. The zero-order valence-corrected chi connectivity index (χ0v) is 24.8. The van der Waals surface area contributed by atoms with Crippen molar-refractivity contribution in [3.05, 3.63) is 93.0 Å². The number of carboxylic acid groups (broad SMARTS) is 1. The minimum absolute atomic E-state index is 0.00690. The van der Waals surface area contributed by atoms with Gasteiger partial charge < -0.3 is 20.5 Å². The maximum absolute atomic E-state index is 15.7. The molecule has 11 heteroatoms. The smallest absolute Gasteiger partial charge is 0.335 e. The highest BCUT2D eigenvalue weighted by atomic mass is 35.5. The lowest BCUT2D eigenvalue weighted by molar-refractivity contribution is -0.118. The first-order valence-electron chi connectivity index (χ1n) is 13.0. The highest BCUT2D eigenvalue weighted by Crippen LogP contribution is 2.52. The minimum atomic E-state index is -1.77. The third-order valence-corrected chi connectivity index (χ3v) is 7.89. The zero-order chi connectivity index (χ0) is 31.0. The Hall–Kier alpha value is -3.71. The Labute approximate surface area is 252 Å². The summed E-state index contributed by atoms with van der Waals surface area (Å²) in [6.07, 6.45) is 0.314. The molecule has 3 N–H and O–H groups in total. The van der Waals surface area contributed by atoms with E-state index in [9.17, 15) is 20.0 Å². The standard InChI is InChI=1S/C31H29Cl2F2N3O4/c1-30(2,3)14-25-31(15-36,20-9-7-18(33)13-22(20)35)26(19-8-6-17(32)12-21(19)34)27(38-25)28(39)37-23-10-5-16(29(40)41)11-24(23)42-4/h5-13,25-27,38H,14H2,1-4H3,(H,37,39)(H,40,41)/t25?,26-,27+,31-/m0/s1. The number of nitrogens with zero attached hydrogens (tertiary/aromatic N) is 1. The van der Waals surface area contributed by atoms with Gasteiger partial charge in [-0.3, -0.25) is 4.79 Å². The number of nitriles is 1. The van der Waals surface area contributed by atoms with Gasteiger partial charge in [0.15, 0.2) is 0 Å². The maximum Gasteiger partial charge on any atom is 0.335 e. The van der Waals surface area contributed by atoms with Crippen molar-refractivity contribution in [2.45, 2.75) is 50.6 Å². The van der Waals surface area contributed by atoms with Crippen LogP contribution in [0.1, 0.15) is 54.6 Å². The van der Waals surface area contributed by atoms with E-state index in [1.54, 1.807) is 0 Å². The summed E-state index contributed by atoms with van der Waals surface area (Å²) in [5.74, 6) is -4.53. The third-order valence-electron chi connectivity index (χ3n) is 7.42. The van der Waals surface area contributed by atoms with Crippen LogP contribution in [-0.4, -0.2) is 36.2 Å². The van der Waals surface area contributed by atoms with Crippen molar-refractivity contribution >= 4 is 40.8 Å².